The lowest BCUT2D eigenvalue weighted by molar-refractivity contribution is 0.0695. The van der Waals surface area contributed by atoms with Crippen LogP contribution >= 0.6 is 0 Å². The number of carbonyl (C=O) groups is 1. The maximum absolute atomic E-state index is 12.5. The predicted octanol–water partition coefficient (Wildman–Crippen LogP) is 16.0. The third kappa shape index (κ3) is 15.9. The summed E-state index contributed by atoms with van der Waals surface area (Å²) in [4.78, 5) is 12.5. The van der Waals surface area contributed by atoms with Crippen molar-refractivity contribution in [2.75, 3.05) is 0 Å². The largest absolute Gasteiger partial charge is 0.489 e. The lowest BCUT2D eigenvalue weighted by Gasteiger charge is -2.19. The van der Waals surface area contributed by atoms with E-state index in [9.17, 15) is 9.90 Å². The van der Waals surface area contributed by atoms with Crippen LogP contribution in [0.3, 0.4) is 0 Å². The van der Waals surface area contributed by atoms with Gasteiger partial charge in [-0.25, -0.2) is 4.79 Å². The number of rotatable bonds is 19. The summed E-state index contributed by atoms with van der Waals surface area (Å²) in [5.74, 6) is 2.03. The molecule has 0 saturated heterocycles. The van der Waals surface area contributed by atoms with E-state index in [2.05, 4.69) is 180 Å². The van der Waals surface area contributed by atoms with Crippen molar-refractivity contribution in [2.24, 2.45) is 0 Å². The molecule has 0 atom stereocenters. The third-order valence-electron chi connectivity index (χ3n) is 12.7. The smallest absolute Gasteiger partial charge is 0.335 e. The molecule has 1 N–H and O–H groups in total. The van der Waals surface area contributed by atoms with Crippen LogP contribution in [0.4, 0.5) is 0 Å². The number of benzene rings is 7. The van der Waals surface area contributed by atoms with Gasteiger partial charge in [-0.1, -0.05) is 180 Å². The highest BCUT2D eigenvalue weighted by molar-refractivity contribution is 5.88. The molecule has 0 unspecified atom stereocenters. The molecule has 0 bridgehead atoms. The van der Waals surface area contributed by atoms with Crippen molar-refractivity contribution >= 4 is 5.97 Å². The van der Waals surface area contributed by atoms with Crippen LogP contribution < -0.4 is 28.4 Å². The Balaban J connectivity index is 1.08. The molecular formula is C65H74O8. The standard InChI is InChI=1S/C65H74O8/c1-62(2,3)51-21-13-44(14-22-51)38-68-55-29-48(30-56(35-55)69-39-45-15-23-52(24-16-45)63(4,5)6)42-72-59-33-50(61(66)67)34-60(37-59)73-43-49-31-57(70-40-46-17-25-53(26-18-46)64(7,8)9)36-58(32-49)71-41-47-19-27-54(28-20-47)65(10,11)12/h13-37H,38-43H2,1-12H3,(H,66,67). The van der Waals surface area contributed by atoms with Crippen molar-refractivity contribution in [1.82, 2.24) is 0 Å². The van der Waals surface area contributed by atoms with Gasteiger partial charge in [0.15, 0.2) is 0 Å². The molecule has 382 valence electrons. The van der Waals surface area contributed by atoms with Gasteiger partial charge in [0.1, 0.15) is 74.1 Å². The first kappa shape index (κ1) is 53.6. The van der Waals surface area contributed by atoms with E-state index < -0.39 is 5.97 Å². The Hall–Kier alpha value is -7.19. The second-order valence-electron chi connectivity index (χ2n) is 23.1. The summed E-state index contributed by atoms with van der Waals surface area (Å²) in [6.45, 7) is 28.1. The van der Waals surface area contributed by atoms with Gasteiger partial charge in [-0.2, -0.15) is 0 Å². The van der Waals surface area contributed by atoms with Crippen molar-refractivity contribution in [2.45, 2.75) is 144 Å². The van der Waals surface area contributed by atoms with E-state index in [1.54, 1.807) is 6.07 Å². The highest BCUT2D eigenvalue weighted by Crippen LogP contribution is 2.32. The average molecular weight is 983 g/mol. The van der Waals surface area contributed by atoms with E-state index in [0.29, 0.717) is 60.9 Å². The molecule has 0 aliphatic rings. The fourth-order valence-corrected chi connectivity index (χ4v) is 8.03. The molecule has 0 radical (unpaired) electrons. The molecule has 0 aliphatic carbocycles. The summed E-state index contributed by atoms with van der Waals surface area (Å²) >= 11 is 0. The fraction of sp³-hybridized carbons (Fsp3) is 0.338. The van der Waals surface area contributed by atoms with E-state index in [1.807, 2.05) is 36.4 Å². The number of carboxylic acids is 1. The molecule has 0 saturated carbocycles. The van der Waals surface area contributed by atoms with Crippen LogP contribution in [0.1, 0.15) is 149 Å². The average Bonchev–Trinajstić information content (AvgIpc) is 3.34. The molecule has 0 spiro atoms. The molecule has 0 aliphatic heterocycles. The van der Waals surface area contributed by atoms with Crippen LogP contribution in [0.25, 0.3) is 0 Å². The topological polar surface area (TPSA) is 92.7 Å². The summed E-state index contributed by atoms with van der Waals surface area (Å²) in [5.41, 5.74) is 11.0. The van der Waals surface area contributed by atoms with Gasteiger partial charge >= 0.3 is 5.97 Å². The Morgan fingerprint density at radius 2 is 0.493 bits per heavy atom. The predicted molar refractivity (Wildman–Crippen MR) is 293 cm³/mol. The van der Waals surface area contributed by atoms with Crippen molar-refractivity contribution in [3.8, 4) is 34.5 Å². The van der Waals surface area contributed by atoms with Crippen LogP contribution in [0.5, 0.6) is 34.5 Å². The van der Waals surface area contributed by atoms with Crippen molar-refractivity contribution in [3.63, 3.8) is 0 Å². The maximum Gasteiger partial charge on any atom is 0.335 e. The summed E-state index contributed by atoms with van der Waals surface area (Å²) in [6, 6.07) is 50.1. The molecule has 0 amide bonds. The molecule has 7 aromatic carbocycles. The van der Waals surface area contributed by atoms with Crippen LogP contribution in [-0.4, -0.2) is 11.1 Å². The molecule has 0 fully saturated rings. The molecule has 73 heavy (non-hydrogen) atoms. The lowest BCUT2D eigenvalue weighted by atomic mass is 9.87. The second-order valence-corrected chi connectivity index (χ2v) is 23.1. The fourth-order valence-electron chi connectivity index (χ4n) is 8.03. The quantitative estimate of drug-likeness (QED) is 0.0857. The summed E-state index contributed by atoms with van der Waals surface area (Å²) in [6.07, 6.45) is 0. The van der Waals surface area contributed by atoms with E-state index >= 15 is 0 Å². The van der Waals surface area contributed by atoms with E-state index in [0.717, 1.165) is 33.4 Å². The summed E-state index contributed by atoms with van der Waals surface area (Å²) < 4.78 is 38.2. The van der Waals surface area contributed by atoms with Gasteiger partial charge in [0, 0.05) is 18.2 Å². The lowest BCUT2D eigenvalue weighted by Crippen LogP contribution is -2.11. The molecule has 8 heteroatoms. The van der Waals surface area contributed by atoms with Crippen molar-refractivity contribution < 1.29 is 38.3 Å². The third-order valence-corrected chi connectivity index (χ3v) is 12.7. The van der Waals surface area contributed by atoms with E-state index in [1.165, 1.54) is 34.4 Å². The molecule has 0 aromatic heterocycles. The number of aromatic carboxylic acids is 1. The monoisotopic (exact) mass is 983 g/mol. The Morgan fingerprint density at radius 3 is 0.685 bits per heavy atom. The normalized spacial score (nSPS) is 12.0. The zero-order valence-corrected chi connectivity index (χ0v) is 45.0. The maximum atomic E-state index is 12.5. The molecule has 7 aromatic rings. The van der Waals surface area contributed by atoms with Crippen LogP contribution in [0.15, 0.2) is 152 Å². The van der Waals surface area contributed by atoms with Crippen molar-refractivity contribution in [1.29, 1.82) is 0 Å². The molecule has 0 heterocycles. The first-order valence-corrected chi connectivity index (χ1v) is 25.2. The summed E-state index contributed by atoms with van der Waals surface area (Å²) in [5, 5.41) is 10.2. The first-order chi connectivity index (χ1) is 34.4. The van der Waals surface area contributed by atoms with Gasteiger partial charge in [0.2, 0.25) is 0 Å². The molecule has 8 nitrogen and oxygen atoms in total. The zero-order valence-electron chi connectivity index (χ0n) is 45.0. The van der Waals surface area contributed by atoms with Crippen molar-refractivity contribution in [3.05, 3.63) is 213 Å². The van der Waals surface area contributed by atoms with E-state index in [-0.39, 0.29) is 40.4 Å². The number of hydrogen-bond acceptors (Lipinski definition) is 7. The Bertz CT molecular complexity index is 2570. The Labute approximate surface area is 434 Å². The van der Waals surface area contributed by atoms with Gasteiger partial charge in [0.05, 0.1) is 5.56 Å². The summed E-state index contributed by atoms with van der Waals surface area (Å²) in [7, 11) is 0. The van der Waals surface area contributed by atoms with E-state index in [4.69, 9.17) is 28.4 Å². The highest BCUT2D eigenvalue weighted by atomic mass is 16.5. The molecular weight excluding hydrogens is 909 g/mol. The first-order valence-electron chi connectivity index (χ1n) is 25.2. The Kier molecular flexibility index (Phi) is 16.7. The molecule has 7 rings (SSSR count). The number of hydrogen-bond donors (Lipinski definition) is 1. The minimum atomic E-state index is -1.11. The SMILES string of the molecule is CC(C)(C)c1ccc(COc2cc(COc3cc(OCc4cc(OCc5ccc(C(C)(C)C)cc5)cc(OCc5ccc(C(C)(C)C)cc5)c4)cc(C(=O)O)c3)cc(OCc3ccc(C(C)(C)C)cc3)c2)cc1. The van der Waals surface area contributed by atoms with Gasteiger partial charge in [-0.15, -0.1) is 0 Å². The zero-order chi connectivity index (χ0) is 52.6. The number of carboxylic acid groups (broad SMARTS) is 1. The second kappa shape index (κ2) is 22.7. The minimum Gasteiger partial charge on any atom is -0.489 e. The Morgan fingerprint density at radius 1 is 0.301 bits per heavy atom. The van der Waals surface area contributed by atoms with Crippen LogP contribution in [0.2, 0.25) is 0 Å². The minimum absolute atomic E-state index is 0.0274. The van der Waals surface area contributed by atoms with Gasteiger partial charge in [-0.3, -0.25) is 0 Å². The van der Waals surface area contributed by atoms with Crippen LogP contribution in [-0.2, 0) is 61.3 Å². The highest BCUT2D eigenvalue weighted by Gasteiger charge is 2.18. The van der Waals surface area contributed by atoms with Gasteiger partial charge < -0.3 is 33.5 Å². The van der Waals surface area contributed by atoms with Gasteiger partial charge in [0.25, 0.3) is 0 Å². The van der Waals surface area contributed by atoms with Gasteiger partial charge in [-0.05, 0) is 114 Å². The number of ether oxygens (including phenoxy) is 6. The van der Waals surface area contributed by atoms with Crippen LogP contribution in [0, 0.1) is 0 Å².